The number of hydrogen-bond acceptors (Lipinski definition) is 0. The van der Waals surface area contributed by atoms with Gasteiger partial charge in [0.2, 0.25) is 0 Å². The Kier molecular flexibility index (Phi) is 4.92. The van der Waals surface area contributed by atoms with E-state index < -0.39 is 0 Å². The lowest BCUT2D eigenvalue weighted by molar-refractivity contribution is -0.938. The van der Waals surface area contributed by atoms with Crippen LogP contribution in [-0.4, -0.2) is 30.7 Å². The van der Waals surface area contributed by atoms with Gasteiger partial charge in [-0.05, 0) is 49.3 Å². The Balaban J connectivity index is 1.42. The third kappa shape index (κ3) is 3.74. The molecule has 0 atom stereocenters. The molecule has 1 nitrogen and oxygen atoms in total. The molecule has 2 aliphatic heterocycles. The number of hydrogen-bond donors (Lipinski definition) is 0. The summed E-state index contributed by atoms with van der Waals surface area (Å²) in [5.41, 5.74) is 6.10. The minimum absolute atomic E-state index is 0.378. The monoisotopic (exact) mass is 348 g/mol. The smallest absolute Gasteiger partial charge is 0.0795 e. The third-order valence-electron chi connectivity index (χ3n) is 7.22. The predicted molar refractivity (Wildman–Crippen MR) is 111 cm³/mol. The van der Waals surface area contributed by atoms with E-state index in [9.17, 15) is 0 Å². The van der Waals surface area contributed by atoms with Crippen LogP contribution in [0.1, 0.15) is 61.3 Å². The van der Waals surface area contributed by atoms with Gasteiger partial charge in [-0.15, -0.1) is 0 Å². The van der Waals surface area contributed by atoms with Gasteiger partial charge in [0.05, 0.1) is 26.2 Å². The number of benzene rings is 2. The van der Waals surface area contributed by atoms with E-state index in [1.54, 1.807) is 5.56 Å². The highest BCUT2D eigenvalue weighted by Gasteiger charge is 2.41. The molecule has 4 rings (SSSR count). The van der Waals surface area contributed by atoms with Crippen molar-refractivity contribution in [1.82, 2.24) is 0 Å². The summed E-state index contributed by atoms with van der Waals surface area (Å²) in [7, 11) is 0. The molecule has 2 aliphatic rings. The summed E-state index contributed by atoms with van der Waals surface area (Å²) >= 11 is 0. The zero-order chi connectivity index (χ0) is 18.0. The zero-order valence-corrected chi connectivity index (χ0v) is 16.6. The normalized spacial score (nSPS) is 21.6. The van der Waals surface area contributed by atoms with Crippen LogP contribution in [0.25, 0.3) is 0 Å². The van der Waals surface area contributed by atoms with Gasteiger partial charge in [-0.25, -0.2) is 0 Å². The van der Waals surface area contributed by atoms with Gasteiger partial charge in [-0.3, -0.25) is 0 Å². The van der Waals surface area contributed by atoms with Crippen molar-refractivity contribution in [2.75, 3.05) is 26.2 Å². The number of nitrogens with zero attached hydrogens (tertiary/aromatic N) is 1. The van der Waals surface area contributed by atoms with Crippen molar-refractivity contribution in [3.8, 4) is 0 Å². The van der Waals surface area contributed by atoms with Gasteiger partial charge >= 0.3 is 0 Å². The second-order valence-corrected chi connectivity index (χ2v) is 9.22. The maximum Gasteiger partial charge on any atom is 0.0795 e. The lowest BCUT2D eigenvalue weighted by Crippen LogP contribution is -2.58. The van der Waals surface area contributed by atoms with Crippen molar-refractivity contribution in [3.05, 3.63) is 70.8 Å². The Morgan fingerprint density at radius 2 is 1.27 bits per heavy atom. The van der Waals surface area contributed by atoms with E-state index in [2.05, 4.69) is 62.4 Å². The van der Waals surface area contributed by atoms with Crippen molar-refractivity contribution in [2.24, 2.45) is 0 Å². The second kappa shape index (κ2) is 7.19. The molecule has 138 valence electrons. The second-order valence-electron chi connectivity index (χ2n) is 9.22. The molecular weight excluding hydrogens is 314 g/mol. The van der Waals surface area contributed by atoms with Crippen LogP contribution in [0.3, 0.4) is 0 Å². The lowest BCUT2D eigenvalue weighted by atomic mass is 9.73. The molecule has 0 radical (unpaired) electrons. The van der Waals surface area contributed by atoms with Crippen LogP contribution < -0.4 is 0 Å². The average molecular weight is 349 g/mol. The first-order valence-corrected chi connectivity index (χ1v) is 10.6. The first-order chi connectivity index (χ1) is 12.6. The van der Waals surface area contributed by atoms with E-state index in [1.807, 2.05) is 0 Å². The summed E-state index contributed by atoms with van der Waals surface area (Å²) in [6.45, 7) is 10.3. The van der Waals surface area contributed by atoms with E-state index in [-0.39, 0.29) is 0 Å². The fourth-order valence-corrected chi connectivity index (χ4v) is 5.09. The first kappa shape index (κ1) is 17.8. The molecule has 2 aromatic rings. The van der Waals surface area contributed by atoms with Gasteiger partial charge in [-0.2, -0.15) is 0 Å². The highest BCUT2D eigenvalue weighted by Crippen LogP contribution is 2.39. The maximum absolute atomic E-state index is 2.50. The molecule has 2 aromatic carbocycles. The topological polar surface area (TPSA) is 0 Å². The number of aryl methyl sites for hydroxylation is 1. The Labute approximate surface area is 159 Å². The van der Waals surface area contributed by atoms with Crippen LogP contribution >= 0.6 is 0 Å². The quantitative estimate of drug-likeness (QED) is 0.630. The molecule has 2 heterocycles. The van der Waals surface area contributed by atoms with Gasteiger partial charge in [0.25, 0.3) is 0 Å². The number of quaternary nitrogens is 1. The average Bonchev–Trinajstić information content (AvgIpc) is 2.68. The van der Waals surface area contributed by atoms with E-state index in [1.165, 1.54) is 79.5 Å². The SMILES string of the molecule is Cc1ccc(Cc2ccc(C3(C)CC[N+]4(CCCCC4)CC3)cc2)cc1. The third-order valence-corrected chi connectivity index (χ3v) is 7.22. The Hall–Kier alpha value is -1.60. The van der Waals surface area contributed by atoms with Crippen LogP contribution in [0.15, 0.2) is 48.5 Å². The fraction of sp³-hybridized carbons (Fsp3) is 0.520. The van der Waals surface area contributed by atoms with E-state index in [0.29, 0.717) is 5.41 Å². The fourth-order valence-electron chi connectivity index (χ4n) is 5.09. The van der Waals surface area contributed by atoms with Crippen LogP contribution in [0.2, 0.25) is 0 Å². The molecule has 0 N–H and O–H groups in total. The summed E-state index contributed by atoms with van der Waals surface area (Å²) in [5, 5.41) is 0. The van der Waals surface area contributed by atoms with Crippen LogP contribution in [0.4, 0.5) is 0 Å². The lowest BCUT2D eigenvalue weighted by Gasteiger charge is -2.49. The molecule has 1 heteroatoms. The molecule has 0 saturated carbocycles. The Morgan fingerprint density at radius 3 is 1.85 bits per heavy atom. The van der Waals surface area contributed by atoms with E-state index in [4.69, 9.17) is 0 Å². The molecule has 0 unspecified atom stereocenters. The van der Waals surface area contributed by atoms with Crippen LogP contribution in [-0.2, 0) is 11.8 Å². The highest BCUT2D eigenvalue weighted by atomic mass is 15.4. The van der Waals surface area contributed by atoms with Crippen molar-refractivity contribution in [2.45, 2.75) is 57.8 Å². The van der Waals surface area contributed by atoms with Gasteiger partial charge < -0.3 is 4.48 Å². The first-order valence-electron chi connectivity index (χ1n) is 10.6. The Bertz CT molecular complexity index is 710. The number of rotatable bonds is 3. The molecule has 0 bridgehead atoms. The van der Waals surface area contributed by atoms with Crippen molar-refractivity contribution in [1.29, 1.82) is 0 Å². The molecule has 26 heavy (non-hydrogen) atoms. The summed E-state index contributed by atoms with van der Waals surface area (Å²) < 4.78 is 1.42. The molecule has 0 aromatic heterocycles. The van der Waals surface area contributed by atoms with Gasteiger partial charge in [0.15, 0.2) is 0 Å². The molecule has 0 amide bonds. The van der Waals surface area contributed by atoms with Crippen molar-refractivity contribution >= 4 is 0 Å². The molecule has 0 aliphatic carbocycles. The maximum atomic E-state index is 2.50. The summed E-state index contributed by atoms with van der Waals surface area (Å²) in [6, 6.07) is 18.5. The van der Waals surface area contributed by atoms with Gasteiger partial charge in [0.1, 0.15) is 0 Å². The molecule has 2 saturated heterocycles. The van der Waals surface area contributed by atoms with Gasteiger partial charge in [0, 0.05) is 18.3 Å². The molecule has 2 fully saturated rings. The van der Waals surface area contributed by atoms with E-state index >= 15 is 0 Å². The van der Waals surface area contributed by atoms with Gasteiger partial charge in [-0.1, -0.05) is 61.0 Å². The Morgan fingerprint density at radius 1 is 0.731 bits per heavy atom. The minimum atomic E-state index is 0.378. The summed E-state index contributed by atoms with van der Waals surface area (Å²) in [6.07, 6.45) is 8.10. The zero-order valence-electron chi connectivity index (χ0n) is 16.6. The van der Waals surface area contributed by atoms with Crippen molar-refractivity contribution in [3.63, 3.8) is 0 Å². The standard InChI is InChI=1S/C25H34N/c1-21-6-8-22(9-7-21)20-23-10-12-24(13-11-23)25(2)14-18-26(19-15-25)16-4-3-5-17-26/h6-13H,3-5,14-20H2,1-2H3/q+1. The number of piperidine rings is 2. The summed E-state index contributed by atoms with van der Waals surface area (Å²) in [4.78, 5) is 0. The largest absolute Gasteiger partial charge is 0.324 e. The molecule has 1 spiro atoms. The highest BCUT2D eigenvalue weighted by molar-refractivity contribution is 5.33. The van der Waals surface area contributed by atoms with Crippen LogP contribution in [0.5, 0.6) is 0 Å². The van der Waals surface area contributed by atoms with Crippen LogP contribution in [0, 0.1) is 6.92 Å². The van der Waals surface area contributed by atoms with Crippen molar-refractivity contribution < 1.29 is 4.48 Å². The summed E-state index contributed by atoms with van der Waals surface area (Å²) in [5.74, 6) is 0. The molecular formula is C25H34N+. The minimum Gasteiger partial charge on any atom is -0.324 e. The van der Waals surface area contributed by atoms with E-state index in [0.717, 1.165) is 6.42 Å². The predicted octanol–water partition coefficient (Wildman–Crippen LogP) is 5.64.